The molecule has 0 aromatic heterocycles. The zero-order chi connectivity index (χ0) is 17.4. The molecule has 0 unspecified atom stereocenters. The molecule has 0 spiro atoms. The normalized spacial score (nSPS) is 10.5. The fraction of sp³-hybridized carbons (Fsp3) is 0.350. The van der Waals surface area contributed by atoms with Crippen molar-refractivity contribution in [2.75, 3.05) is 11.9 Å². The highest BCUT2D eigenvalue weighted by Gasteiger charge is 2.07. The fourth-order valence-electron chi connectivity index (χ4n) is 2.35. The molecule has 0 aliphatic heterocycles. The molecule has 0 bridgehead atoms. The van der Waals surface area contributed by atoms with Crippen molar-refractivity contribution in [2.45, 2.75) is 39.5 Å². The van der Waals surface area contributed by atoms with Crippen LogP contribution in [-0.2, 0) is 17.6 Å². The van der Waals surface area contributed by atoms with Gasteiger partial charge in [-0.3, -0.25) is 4.79 Å². The van der Waals surface area contributed by atoms with Crippen LogP contribution >= 0.6 is 15.9 Å². The minimum absolute atomic E-state index is 0.00447. The summed E-state index contributed by atoms with van der Waals surface area (Å²) >= 11 is 3.52. The number of hydrogen-bond acceptors (Lipinski definition) is 2. The maximum atomic E-state index is 12.1. The van der Waals surface area contributed by atoms with E-state index < -0.39 is 0 Å². The molecule has 0 saturated heterocycles. The van der Waals surface area contributed by atoms with E-state index in [9.17, 15) is 4.79 Å². The molecule has 0 radical (unpaired) electrons. The van der Waals surface area contributed by atoms with Crippen LogP contribution < -0.4 is 10.1 Å². The molecule has 0 fully saturated rings. The Morgan fingerprint density at radius 1 is 1.08 bits per heavy atom. The van der Waals surface area contributed by atoms with E-state index in [1.54, 1.807) is 0 Å². The van der Waals surface area contributed by atoms with E-state index >= 15 is 0 Å². The van der Waals surface area contributed by atoms with Crippen molar-refractivity contribution in [1.82, 2.24) is 0 Å². The molecule has 0 aliphatic carbocycles. The SMILES string of the molecule is CCCCc1ccc(NC(=O)COc2ccc(CC)cc2)c(Br)c1. The van der Waals surface area contributed by atoms with Gasteiger partial charge in [-0.05, 0) is 70.6 Å². The molecule has 2 aromatic rings. The molecule has 3 nitrogen and oxygen atoms in total. The molecule has 2 rings (SSSR count). The first-order valence-corrected chi connectivity index (χ1v) is 9.21. The zero-order valence-electron chi connectivity index (χ0n) is 14.3. The Bertz CT molecular complexity index is 668. The summed E-state index contributed by atoms with van der Waals surface area (Å²) in [5.41, 5.74) is 3.29. The Labute approximate surface area is 152 Å². The predicted octanol–water partition coefficient (Wildman–Crippen LogP) is 5.37. The van der Waals surface area contributed by atoms with Gasteiger partial charge in [-0.2, -0.15) is 0 Å². The fourth-order valence-corrected chi connectivity index (χ4v) is 2.88. The average molecular weight is 390 g/mol. The zero-order valence-corrected chi connectivity index (χ0v) is 15.9. The molecular weight excluding hydrogens is 366 g/mol. The van der Waals surface area contributed by atoms with Crippen LogP contribution in [0.4, 0.5) is 5.69 Å². The number of rotatable bonds is 8. The highest BCUT2D eigenvalue weighted by atomic mass is 79.9. The van der Waals surface area contributed by atoms with Gasteiger partial charge in [0.15, 0.2) is 6.61 Å². The molecule has 0 aliphatic rings. The van der Waals surface area contributed by atoms with Crippen molar-refractivity contribution >= 4 is 27.5 Å². The third-order valence-electron chi connectivity index (χ3n) is 3.83. The van der Waals surface area contributed by atoms with Crippen molar-refractivity contribution in [2.24, 2.45) is 0 Å². The number of hydrogen-bond donors (Lipinski definition) is 1. The Morgan fingerprint density at radius 3 is 2.42 bits per heavy atom. The van der Waals surface area contributed by atoms with Gasteiger partial charge in [0.1, 0.15) is 5.75 Å². The molecular formula is C20H24BrNO2. The van der Waals surface area contributed by atoms with E-state index in [4.69, 9.17) is 4.74 Å². The lowest BCUT2D eigenvalue weighted by atomic mass is 10.1. The number of halogens is 1. The number of amides is 1. The Balaban J connectivity index is 1.87. The van der Waals surface area contributed by atoms with Crippen molar-refractivity contribution in [3.05, 3.63) is 58.1 Å². The van der Waals surface area contributed by atoms with Gasteiger partial charge in [0.25, 0.3) is 5.91 Å². The van der Waals surface area contributed by atoms with E-state index in [-0.39, 0.29) is 12.5 Å². The van der Waals surface area contributed by atoms with Crippen LogP contribution in [0.1, 0.15) is 37.8 Å². The number of aryl methyl sites for hydroxylation is 2. The number of nitrogens with one attached hydrogen (secondary N) is 1. The van der Waals surface area contributed by atoms with Gasteiger partial charge >= 0.3 is 0 Å². The van der Waals surface area contributed by atoms with E-state index in [0.29, 0.717) is 5.75 Å². The molecule has 0 atom stereocenters. The summed E-state index contributed by atoms with van der Waals surface area (Å²) in [6, 6.07) is 13.9. The highest BCUT2D eigenvalue weighted by molar-refractivity contribution is 9.10. The Hall–Kier alpha value is -1.81. The van der Waals surface area contributed by atoms with Gasteiger partial charge in [-0.1, -0.05) is 38.5 Å². The summed E-state index contributed by atoms with van der Waals surface area (Å²) < 4.78 is 6.43. The molecule has 2 aromatic carbocycles. The van der Waals surface area contributed by atoms with Crippen LogP contribution in [0.25, 0.3) is 0 Å². The predicted molar refractivity (Wildman–Crippen MR) is 103 cm³/mol. The smallest absolute Gasteiger partial charge is 0.262 e. The van der Waals surface area contributed by atoms with Crippen LogP contribution in [-0.4, -0.2) is 12.5 Å². The molecule has 0 heterocycles. The van der Waals surface area contributed by atoms with Crippen LogP contribution in [0.3, 0.4) is 0 Å². The van der Waals surface area contributed by atoms with Gasteiger partial charge < -0.3 is 10.1 Å². The summed E-state index contributed by atoms with van der Waals surface area (Å²) in [6.45, 7) is 4.28. The van der Waals surface area contributed by atoms with Crippen molar-refractivity contribution in [3.63, 3.8) is 0 Å². The summed E-state index contributed by atoms with van der Waals surface area (Å²) in [7, 11) is 0. The number of carbonyl (C=O) groups is 1. The van der Waals surface area contributed by atoms with Gasteiger partial charge in [-0.15, -0.1) is 0 Å². The first-order valence-electron chi connectivity index (χ1n) is 8.42. The summed E-state index contributed by atoms with van der Waals surface area (Å²) in [6.07, 6.45) is 4.39. The van der Waals surface area contributed by atoms with Crippen molar-refractivity contribution in [3.8, 4) is 5.75 Å². The lowest BCUT2D eigenvalue weighted by molar-refractivity contribution is -0.118. The number of ether oxygens (including phenoxy) is 1. The second-order valence-electron chi connectivity index (χ2n) is 5.75. The van der Waals surface area contributed by atoms with Crippen LogP contribution in [0.5, 0.6) is 5.75 Å². The first-order chi connectivity index (χ1) is 11.6. The lowest BCUT2D eigenvalue weighted by Crippen LogP contribution is -2.20. The van der Waals surface area contributed by atoms with Gasteiger partial charge in [0.2, 0.25) is 0 Å². The standard InChI is InChI=1S/C20H24BrNO2/c1-3-5-6-16-9-12-19(18(21)13-16)22-20(23)14-24-17-10-7-15(4-2)8-11-17/h7-13H,3-6,14H2,1-2H3,(H,22,23). The third-order valence-corrected chi connectivity index (χ3v) is 4.48. The first kappa shape index (κ1) is 18.5. The number of anilines is 1. The van der Waals surface area contributed by atoms with Crippen molar-refractivity contribution in [1.29, 1.82) is 0 Å². The highest BCUT2D eigenvalue weighted by Crippen LogP contribution is 2.24. The molecule has 0 saturated carbocycles. The summed E-state index contributed by atoms with van der Waals surface area (Å²) in [4.78, 5) is 12.1. The minimum Gasteiger partial charge on any atom is -0.484 e. The largest absolute Gasteiger partial charge is 0.484 e. The Kier molecular flexibility index (Phi) is 7.32. The van der Waals surface area contributed by atoms with E-state index in [1.807, 2.05) is 30.3 Å². The molecule has 24 heavy (non-hydrogen) atoms. The summed E-state index contributed by atoms with van der Waals surface area (Å²) in [5, 5.41) is 2.88. The molecule has 128 valence electrons. The van der Waals surface area contributed by atoms with Crippen LogP contribution in [0, 0.1) is 0 Å². The third kappa shape index (κ3) is 5.68. The maximum Gasteiger partial charge on any atom is 0.262 e. The molecule has 4 heteroatoms. The maximum absolute atomic E-state index is 12.1. The van der Waals surface area contributed by atoms with Crippen LogP contribution in [0.15, 0.2) is 46.9 Å². The molecule has 1 N–H and O–H groups in total. The number of carbonyl (C=O) groups excluding carboxylic acids is 1. The van der Waals surface area contributed by atoms with E-state index in [2.05, 4.69) is 47.2 Å². The second-order valence-corrected chi connectivity index (χ2v) is 6.61. The summed E-state index contributed by atoms with van der Waals surface area (Å²) in [5.74, 6) is 0.535. The van der Waals surface area contributed by atoms with Gasteiger partial charge in [0.05, 0.1) is 5.69 Å². The van der Waals surface area contributed by atoms with Crippen LogP contribution in [0.2, 0.25) is 0 Å². The van der Waals surface area contributed by atoms with Gasteiger partial charge in [-0.25, -0.2) is 0 Å². The van der Waals surface area contributed by atoms with E-state index in [0.717, 1.165) is 23.0 Å². The lowest BCUT2D eigenvalue weighted by Gasteiger charge is -2.10. The van der Waals surface area contributed by atoms with E-state index in [1.165, 1.54) is 24.0 Å². The molecule has 1 amide bonds. The second kappa shape index (κ2) is 9.48. The Morgan fingerprint density at radius 2 is 1.79 bits per heavy atom. The quantitative estimate of drug-likeness (QED) is 0.658. The monoisotopic (exact) mass is 389 g/mol. The van der Waals surface area contributed by atoms with Gasteiger partial charge in [0, 0.05) is 4.47 Å². The topological polar surface area (TPSA) is 38.3 Å². The number of benzene rings is 2. The average Bonchev–Trinajstić information content (AvgIpc) is 2.60. The van der Waals surface area contributed by atoms with Crippen molar-refractivity contribution < 1.29 is 9.53 Å². The minimum atomic E-state index is -0.170. The number of unbranched alkanes of at least 4 members (excludes halogenated alkanes) is 1.